The third kappa shape index (κ3) is 3.19. The highest BCUT2D eigenvalue weighted by Crippen LogP contribution is 2.16. The monoisotopic (exact) mass is 260 g/mol. The number of ether oxygens (including phenoxy) is 1. The van der Waals surface area contributed by atoms with Gasteiger partial charge in [-0.05, 0) is 31.5 Å². The smallest absolute Gasteiger partial charge is 0.236 e. The molecule has 5 heteroatoms. The van der Waals surface area contributed by atoms with Gasteiger partial charge in [-0.15, -0.1) is 0 Å². The van der Waals surface area contributed by atoms with Crippen molar-refractivity contribution in [2.24, 2.45) is 0 Å². The van der Waals surface area contributed by atoms with Gasteiger partial charge in [0.1, 0.15) is 11.5 Å². The van der Waals surface area contributed by atoms with Gasteiger partial charge in [-0.1, -0.05) is 17.3 Å². The van der Waals surface area contributed by atoms with Crippen LogP contribution in [0.25, 0.3) is 0 Å². The van der Waals surface area contributed by atoms with Gasteiger partial charge in [0.25, 0.3) is 0 Å². The molecule has 0 saturated heterocycles. The molecule has 1 aromatic heterocycles. The molecule has 19 heavy (non-hydrogen) atoms. The molecule has 0 aliphatic heterocycles. The van der Waals surface area contributed by atoms with Crippen molar-refractivity contribution >= 4 is 5.78 Å². The van der Waals surface area contributed by atoms with Crippen LogP contribution in [0.3, 0.4) is 0 Å². The Bertz CT molecular complexity index is 560. The van der Waals surface area contributed by atoms with E-state index in [1.54, 1.807) is 14.0 Å². The molecule has 0 radical (unpaired) electrons. The predicted octanol–water partition coefficient (Wildman–Crippen LogP) is 2.36. The highest BCUT2D eigenvalue weighted by molar-refractivity contribution is 5.81. The molecule has 0 spiro atoms. The lowest BCUT2D eigenvalue weighted by Crippen LogP contribution is -2.04. The molecule has 0 aliphatic carbocycles. The molecule has 2 rings (SSSR count). The average molecular weight is 260 g/mol. The molecule has 0 bridgehead atoms. The van der Waals surface area contributed by atoms with Gasteiger partial charge in [-0.3, -0.25) is 4.79 Å². The van der Waals surface area contributed by atoms with E-state index in [9.17, 15) is 4.79 Å². The molecule has 0 saturated carbocycles. The second-order valence-electron chi connectivity index (χ2n) is 4.41. The molecule has 0 aliphatic rings. The van der Waals surface area contributed by atoms with E-state index in [4.69, 9.17) is 9.26 Å². The number of methoxy groups -OCH3 is 1. The molecular formula is C14H16N2O3. The molecular weight excluding hydrogens is 244 g/mol. The summed E-state index contributed by atoms with van der Waals surface area (Å²) in [4.78, 5) is 15.5. The van der Waals surface area contributed by atoms with Gasteiger partial charge >= 0.3 is 0 Å². The molecule has 5 nitrogen and oxygen atoms in total. The Kier molecular flexibility index (Phi) is 3.94. The Labute approximate surface area is 111 Å². The van der Waals surface area contributed by atoms with Crippen LogP contribution < -0.4 is 4.74 Å². The van der Waals surface area contributed by atoms with Crippen LogP contribution in [0.15, 0.2) is 28.8 Å². The summed E-state index contributed by atoms with van der Waals surface area (Å²) >= 11 is 0. The summed E-state index contributed by atoms with van der Waals surface area (Å²) in [5.74, 6) is 1.42. The molecule has 0 N–H and O–H groups in total. The number of hydrogen-bond donors (Lipinski definition) is 0. The summed E-state index contributed by atoms with van der Waals surface area (Å²) in [7, 11) is 1.63. The van der Waals surface area contributed by atoms with Crippen LogP contribution in [0.5, 0.6) is 5.75 Å². The van der Waals surface area contributed by atoms with E-state index < -0.39 is 0 Å². The van der Waals surface area contributed by atoms with Crippen LogP contribution >= 0.6 is 0 Å². The van der Waals surface area contributed by atoms with E-state index >= 15 is 0 Å². The fraction of sp³-hybridized carbons (Fsp3) is 0.357. The van der Waals surface area contributed by atoms with Gasteiger partial charge < -0.3 is 9.26 Å². The van der Waals surface area contributed by atoms with Gasteiger partial charge in [0, 0.05) is 6.42 Å². The van der Waals surface area contributed by atoms with Crippen LogP contribution in [-0.2, 0) is 11.2 Å². The molecule has 0 fully saturated rings. The number of rotatable bonds is 5. The first kappa shape index (κ1) is 13.3. The first-order chi connectivity index (χ1) is 9.10. The minimum Gasteiger partial charge on any atom is -0.497 e. The maximum Gasteiger partial charge on any atom is 0.236 e. The Morgan fingerprint density at radius 2 is 2.05 bits per heavy atom. The van der Waals surface area contributed by atoms with E-state index in [-0.39, 0.29) is 11.7 Å². The quantitative estimate of drug-likeness (QED) is 0.825. The van der Waals surface area contributed by atoms with Crippen molar-refractivity contribution in [3.8, 4) is 5.75 Å². The van der Waals surface area contributed by atoms with Gasteiger partial charge in [-0.2, -0.15) is 4.98 Å². The highest BCUT2D eigenvalue weighted by atomic mass is 16.5. The largest absolute Gasteiger partial charge is 0.497 e. The zero-order valence-corrected chi connectivity index (χ0v) is 11.2. The van der Waals surface area contributed by atoms with Crippen molar-refractivity contribution in [2.45, 2.75) is 26.2 Å². The van der Waals surface area contributed by atoms with Crippen LogP contribution in [0.4, 0.5) is 0 Å². The number of nitrogens with zero attached hydrogens (tertiary/aromatic N) is 2. The van der Waals surface area contributed by atoms with Crippen molar-refractivity contribution < 1.29 is 14.1 Å². The summed E-state index contributed by atoms with van der Waals surface area (Å²) in [6.07, 6.45) is 0.568. The van der Waals surface area contributed by atoms with Gasteiger partial charge in [0.05, 0.1) is 13.0 Å². The van der Waals surface area contributed by atoms with Crippen molar-refractivity contribution in [1.82, 2.24) is 10.1 Å². The van der Waals surface area contributed by atoms with E-state index in [0.717, 1.165) is 11.3 Å². The number of carbonyl (C=O) groups excluding carboxylic acids is 1. The second-order valence-corrected chi connectivity index (χ2v) is 4.41. The van der Waals surface area contributed by atoms with Crippen LogP contribution in [0.2, 0.25) is 0 Å². The Morgan fingerprint density at radius 1 is 1.37 bits per heavy atom. The normalized spacial score (nSPS) is 12.2. The minimum absolute atomic E-state index is 0.0136. The summed E-state index contributed by atoms with van der Waals surface area (Å²) in [6.45, 7) is 3.27. The molecule has 1 aromatic carbocycles. The van der Waals surface area contributed by atoms with Crippen molar-refractivity contribution in [1.29, 1.82) is 0 Å². The van der Waals surface area contributed by atoms with E-state index in [0.29, 0.717) is 18.1 Å². The summed E-state index contributed by atoms with van der Waals surface area (Å²) in [6, 6.07) is 7.66. The molecule has 1 atom stereocenters. The van der Waals surface area contributed by atoms with Crippen LogP contribution in [-0.4, -0.2) is 23.0 Å². The van der Waals surface area contributed by atoms with Crippen molar-refractivity contribution in [2.75, 3.05) is 7.11 Å². The number of ketones is 1. The standard InChI is InChI=1S/C14H16N2O3/c1-9(10(2)17)14-15-13(16-19-14)8-11-4-6-12(18-3)7-5-11/h4-7,9H,8H2,1-3H3. The zero-order chi connectivity index (χ0) is 13.8. The Balaban J connectivity index is 2.08. The molecule has 1 heterocycles. The van der Waals surface area contributed by atoms with E-state index in [2.05, 4.69) is 10.1 Å². The summed E-state index contributed by atoms with van der Waals surface area (Å²) < 4.78 is 10.2. The second kappa shape index (κ2) is 5.65. The van der Waals surface area contributed by atoms with E-state index in [1.165, 1.54) is 6.92 Å². The summed E-state index contributed by atoms with van der Waals surface area (Å²) in [5.41, 5.74) is 1.06. The Hall–Kier alpha value is -2.17. The maximum absolute atomic E-state index is 11.2. The first-order valence-corrected chi connectivity index (χ1v) is 6.06. The SMILES string of the molecule is COc1ccc(Cc2noc(C(C)C(C)=O)n2)cc1. The third-order valence-electron chi connectivity index (χ3n) is 2.99. The predicted molar refractivity (Wildman–Crippen MR) is 69.2 cm³/mol. The third-order valence-corrected chi connectivity index (χ3v) is 2.99. The molecule has 2 aromatic rings. The summed E-state index contributed by atoms with van der Waals surface area (Å²) in [5, 5.41) is 3.89. The number of Topliss-reactive ketones (excluding diaryl/α,β-unsaturated/α-hetero) is 1. The fourth-order valence-corrected chi connectivity index (χ4v) is 1.62. The van der Waals surface area contributed by atoms with E-state index in [1.807, 2.05) is 24.3 Å². The van der Waals surface area contributed by atoms with Gasteiger partial charge in [0.15, 0.2) is 5.82 Å². The number of carbonyl (C=O) groups is 1. The van der Waals surface area contributed by atoms with Crippen molar-refractivity contribution in [3.05, 3.63) is 41.5 Å². The van der Waals surface area contributed by atoms with Crippen molar-refractivity contribution in [3.63, 3.8) is 0 Å². The maximum atomic E-state index is 11.2. The topological polar surface area (TPSA) is 65.2 Å². The first-order valence-electron chi connectivity index (χ1n) is 6.06. The fourth-order valence-electron chi connectivity index (χ4n) is 1.62. The van der Waals surface area contributed by atoms with Gasteiger partial charge in [-0.25, -0.2) is 0 Å². The number of hydrogen-bond acceptors (Lipinski definition) is 5. The average Bonchev–Trinajstić information content (AvgIpc) is 2.87. The number of aromatic nitrogens is 2. The molecule has 1 unspecified atom stereocenters. The molecule has 0 amide bonds. The van der Waals surface area contributed by atoms with Gasteiger partial charge in [0.2, 0.25) is 5.89 Å². The minimum atomic E-state index is -0.350. The van der Waals surface area contributed by atoms with Crippen LogP contribution in [0, 0.1) is 0 Å². The lowest BCUT2D eigenvalue weighted by atomic mass is 10.1. The Morgan fingerprint density at radius 3 is 2.63 bits per heavy atom. The zero-order valence-electron chi connectivity index (χ0n) is 11.2. The van der Waals surface area contributed by atoms with Crippen LogP contribution in [0.1, 0.15) is 37.0 Å². The lowest BCUT2D eigenvalue weighted by molar-refractivity contribution is -0.118. The molecule has 100 valence electrons. The lowest BCUT2D eigenvalue weighted by Gasteiger charge is -2.00. The highest BCUT2D eigenvalue weighted by Gasteiger charge is 2.18. The number of benzene rings is 1.